The van der Waals surface area contributed by atoms with E-state index >= 15 is 0 Å². The van der Waals surface area contributed by atoms with Gasteiger partial charge in [-0.3, -0.25) is 4.79 Å². The predicted molar refractivity (Wildman–Crippen MR) is 102 cm³/mol. The fourth-order valence-corrected chi connectivity index (χ4v) is 4.85. The summed E-state index contributed by atoms with van der Waals surface area (Å²) in [6.07, 6.45) is 1.88. The van der Waals surface area contributed by atoms with E-state index in [4.69, 9.17) is 4.74 Å². The predicted octanol–water partition coefficient (Wildman–Crippen LogP) is 2.83. The van der Waals surface area contributed by atoms with Crippen LogP contribution in [0.4, 0.5) is 11.5 Å². The minimum Gasteiger partial charge on any atom is -0.465 e. The lowest BCUT2D eigenvalue weighted by atomic mass is 10.2. The molecule has 0 saturated carbocycles. The van der Waals surface area contributed by atoms with Crippen LogP contribution in [-0.2, 0) is 19.6 Å². The highest BCUT2D eigenvalue weighted by atomic mass is 32.2. The van der Waals surface area contributed by atoms with Crippen LogP contribution in [0.2, 0.25) is 0 Å². The number of fused-ring (bicyclic) bond motifs is 1. The van der Waals surface area contributed by atoms with Crippen LogP contribution in [0.3, 0.4) is 0 Å². The third-order valence-electron chi connectivity index (χ3n) is 4.51. The first kappa shape index (κ1) is 19.3. The highest BCUT2D eigenvalue weighted by molar-refractivity contribution is 7.89. The van der Waals surface area contributed by atoms with E-state index in [-0.39, 0.29) is 18.2 Å². The monoisotopic (exact) mass is 389 g/mol. The van der Waals surface area contributed by atoms with Crippen molar-refractivity contribution < 1.29 is 17.9 Å². The molecule has 144 valence electrons. The summed E-state index contributed by atoms with van der Waals surface area (Å²) in [4.78, 5) is 18.6. The second-order valence-electron chi connectivity index (χ2n) is 6.30. The average molecular weight is 389 g/mol. The highest BCUT2D eigenvalue weighted by Crippen LogP contribution is 2.37. The Morgan fingerprint density at radius 2 is 1.93 bits per heavy atom. The Balaban J connectivity index is 2.12. The van der Waals surface area contributed by atoms with Crippen molar-refractivity contribution >= 4 is 27.5 Å². The number of rotatable bonds is 5. The Kier molecular flexibility index (Phi) is 5.48. The number of esters is 1. The quantitative estimate of drug-likeness (QED) is 0.732. The number of pyridine rings is 1. The number of benzene rings is 1. The zero-order chi connectivity index (χ0) is 19.6. The molecule has 0 amide bonds. The molecule has 7 nitrogen and oxygen atoms in total. The normalized spacial score (nSPS) is 17.2. The molecule has 0 radical (unpaired) electrons. The third-order valence-corrected chi connectivity index (χ3v) is 6.37. The molecule has 0 unspecified atom stereocenters. The van der Waals surface area contributed by atoms with E-state index in [1.165, 1.54) is 10.4 Å². The summed E-state index contributed by atoms with van der Waals surface area (Å²) in [5.41, 5.74) is 1.90. The summed E-state index contributed by atoms with van der Waals surface area (Å²) >= 11 is 0. The third kappa shape index (κ3) is 3.54. The van der Waals surface area contributed by atoms with E-state index in [1.54, 1.807) is 31.0 Å². The Hall–Kier alpha value is -2.45. The SMILES string of the molecule is CCOC(=O)[C@@H](CC)N1CN(c2ccc(C)cc2)c2ncccc2S1(=O)=O. The molecule has 0 N–H and O–H groups in total. The first-order chi connectivity index (χ1) is 12.9. The Bertz CT molecular complexity index is 928. The summed E-state index contributed by atoms with van der Waals surface area (Å²) in [6.45, 7) is 5.64. The summed E-state index contributed by atoms with van der Waals surface area (Å²) < 4.78 is 32.7. The lowest BCUT2D eigenvalue weighted by Gasteiger charge is -2.39. The van der Waals surface area contributed by atoms with E-state index in [9.17, 15) is 13.2 Å². The van der Waals surface area contributed by atoms with Gasteiger partial charge in [-0.1, -0.05) is 24.6 Å². The molecule has 27 heavy (non-hydrogen) atoms. The summed E-state index contributed by atoms with van der Waals surface area (Å²) in [5, 5.41) is 0. The Morgan fingerprint density at radius 1 is 1.22 bits per heavy atom. The zero-order valence-electron chi connectivity index (χ0n) is 15.6. The van der Waals surface area contributed by atoms with Gasteiger partial charge in [0.25, 0.3) is 0 Å². The number of anilines is 2. The van der Waals surface area contributed by atoms with Crippen molar-refractivity contribution in [2.45, 2.75) is 38.1 Å². The van der Waals surface area contributed by atoms with Crippen molar-refractivity contribution in [3.05, 3.63) is 48.2 Å². The van der Waals surface area contributed by atoms with Gasteiger partial charge >= 0.3 is 5.97 Å². The molecule has 1 aromatic heterocycles. The molecule has 0 saturated heterocycles. The van der Waals surface area contributed by atoms with E-state index in [1.807, 2.05) is 31.2 Å². The van der Waals surface area contributed by atoms with Crippen LogP contribution < -0.4 is 4.90 Å². The molecule has 1 atom stereocenters. The lowest BCUT2D eigenvalue weighted by Crippen LogP contribution is -2.52. The first-order valence-electron chi connectivity index (χ1n) is 8.87. The van der Waals surface area contributed by atoms with E-state index in [0.29, 0.717) is 12.2 Å². The Morgan fingerprint density at radius 3 is 2.56 bits per heavy atom. The van der Waals surface area contributed by atoms with Gasteiger partial charge in [0.1, 0.15) is 10.9 Å². The van der Waals surface area contributed by atoms with Gasteiger partial charge in [-0.25, -0.2) is 13.4 Å². The maximum absolute atomic E-state index is 13.2. The van der Waals surface area contributed by atoms with E-state index in [0.717, 1.165) is 11.3 Å². The van der Waals surface area contributed by atoms with Gasteiger partial charge < -0.3 is 9.64 Å². The van der Waals surface area contributed by atoms with Crippen LogP contribution in [0.15, 0.2) is 47.5 Å². The van der Waals surface area contributed by atoms with Gasteiger partial charge in [0.2, 0.25) is 10.0 Å². The number of hydrogen-bond acceptors (Lipinski definition) is 6. The standard InChI is InChI=1S/C19H23N3O4S/c1-4-16(19(23)26-5-2)22-13-21(15-10-8-14(3)9-11-15)18-17(27(22,24)25)7-6-12-20-18/h6-12,16H,4-5,13H2,1-3H3/t16-/m1/s1. The van der Waals surface area contributed by atoms with Gasteiger partial charge in [0.05, 0.1) is 13.3 Å². The van der Waals surface area contributed by atoms with Crippen molar-refractivity contribution in [2.24, 2.45) is 0 Å². The molecule has 3 rings (SSSR count). The summed E-state index contributed by atoms with van der Waals surface area (Å²) in [7, 11) is -3.88. The molecule has 0 aliphatic carbocycles. The molecule has 8 heteroatoms. The molecule has 0 bridgehead atoms. The number of carbonyl (C=O) groups excluding carboxylic acids is 1. The number of nitrogens with zero attached hydrogens (tertiary/aromatic N) is 3. The fourth-order valence-electron chi connectivity index (χ4n) is 3.12. The molecule has 1 aliphatic heterocycles. The largest absolute Gasteiger partial charge is 0.465 e. The second kappa shape index (κ2) is 7.66. The van der Waals surface area contributed by atoms with Crippen LogP contribution in [0.1, 0.15) is 25.8 Å². The maximum Gasteiger partial charge on any atom is 0.324 e. The zero-order valence-corrected chi connectivity index (χ0v) is 16.4. The molecule has 0 spiro atoms. The number of sulfonamides is 1. The van der Waals surface area contributed by atoms with Crippen molar-refractivity contribution in [1.82, 2.24) is 9.29 Å². The molecule has 1 aliphatic rings. The Labute approximate surface area is 159 Å². The molecule has 2 heterocycles. The van der Waals surface area contributed by atoms with Crippen molar-refractivity contribution in [2.75, 3.05) is 18.2 Å². The van der Waals surface area contributed by atoms with Crippen molar-refractivity contribution in [3.63, 3.8) is 0 Å². The first-order valence-corrected chi connectivity index (χ1v) is 10.3. The summed E-state index contributed by atoms with van der Waals surface area (Å²) in [6, 6.07) is 9.93. The smallest absolute Gasteiger partial charge is 0.324 e. The lowest BCUT2D eigenvalue weighted by molar-refractivity contribution is -0.147. The van der Waals surface area contributed by atoms with Crippen molar-refractivity contribution in [1.29, 1.82) is 0 Å². The van der Waals surface area contributed by atoms with Crippen LogP contribution in [0, 0.1) is 6.92 Å². The number of hydrogen-bond donors (Lipinski definition) is 0. The fraction of sp³-hybridized carbons (Fsp3) is 0.368. The van der Waals surface area contributed by atoms with Gasteiger partial charge in [0, 0.05) is 11.9 Å². The number of aromatic nitrogens is 1. The maximum atomic E-state index is 13.2. The average Bonchev–Trinajstić information content (AvgIpc) is 2.65. The highest BCUT2D eigenvalue weighted by Gasteiger charge is 2.43. The molecule has 1 aromatic carbocycles. The number of ether oxygens (including phenoxy) is 1. The van der Waals surface area contributed by atoms with E-state index in [2.05, 4.69) is 4.98 Å². The van der Waals surface area contributed by atoms with Gasteiger partial charge in [0.15, 0.2) is 5.82 Å². The van der Waals surface area contributed by atoms with Crippen molar-refractivity contribution in [3.8, 4) is 0 Å². The minimum absolute atomic E-state index is 0.00721. The van der Waals surface area contributed by atoms with E-state index < -0.39 is 22.0 Å². The topological polar surface area (TPSA) is 79.8 Å². The van der Waals surface area contributed by atoms with Gasteiger partial charge in [-0.2, -0.15) is 4.31 Å². The number of aryl methyl sites for hydroxylation is 1. The van der Waals surface area contributed by atoms with Gasteiger partial charge in [-0.15, -0.1) is 0 Å². The number of carbonyl (C=O) groups is 1. The minimum atomic E-state index is -3.88. The van der Waals surface area contributed by atoms with Crippen LogP contribution in [0.5, 0.6) is 0 Å². The van der Waals surface area contributed by atoms with Gasteiger partial charge in [-0.05, 0) is 44.5 Å². The van der Waals surface area contributed by atoms with Crippen LogP contribution in [-0.4, -0.2) is 43.0 Å². The second-order valence-corrected chi connectivity index (χ2v) is 8.16. The molecule has 2 aromatic rings. The van der Waals surface area contributed by atoms with Crippen LogP contribution >= 0.6 is 0 Å². The molecular formula is C19H23N3O4S. The molecular weight excluding hydrogens is 366 g/mol. The van der Waals surface area contributed by atoms with Crippen LogP contribution in [0.25, 0.3) is 0 Å². The summed E-state index contributed by atoms with van der Waals surface area (Å²) in [5.74, 6) is -0.184. The molecule has 0 fully saturated rings.